The third-order valence-corrected chi connectivity index (χ3v) is 3.10. The van der Waals surface area contributed by atoms with E-state index in [2.05, 4.69) is 44.3 Å². The fraction of sp³-hybridized carbons (Fsp3) is 0.600. The standard InChI is InChI=1S/C15H25NO2/c1-5-16-15(11-18-9-8-17-4)14-7-6-12(2)13(3)10-14/h6-7,10,15-16H,5,8-9,11H2,1-4H3. The highest BCUT2D eigenvalue weighted by Gasteiger charge is 2.11. The maximum Gasteiger partial charge on any atom is 0.0701 e. The van der Waals surface area contributed by atoms with Gasteiger partial charge >= 0.3 is 0 Å². The van der Waals surface area contributed by atoms with Crippen LogP contribution in [0.3, 0.4) is 0 Å². The molecule has 3 nitrogen and oxygen atoms in total. The van der Waals surface area contributed by atoms with E-state index in [1.165, 1.54) is 16.7 Å². The predicted molar refractivity (Wildman–Crippen MR) is 75.0 cm³/mol. The molecule has 0 aliphatic heterocycles. The van der Waals surface area contributed by atoms with Crippen LogP contribution < -0.4 is 5.32 Å². The fourth-order valence-electron chi connectivity index (χ4n) is 1.84. The Hall–Kier alpha value is -0.900. The number of likely N-dealkylation sites (N-methyl/N-ethyl adjacent to an activating group) is 1. The van der Waals surface area contributed by atoms with Crippen molar-refractivity contribution >= 4 is 0 Å². The Morgan fingerprint density at radius 1 is 1.17 bits per heavy atom. The van der Waals surface area contributed by atoms with Crippen LogP contribution in [0.25, 0.3) is 0 Å². The highest BCUT2D eigenvalue weighted by Crippen LogP contribution is 2.17. The highest BCUT2D eigenvalue weighted by molar-refractivity contribution is 5.31. The second-order valence-electron chi connectivity index (χ2n) is 4.52. The SMILES string of the molecule is CCNC(COCCOC)c1ccc(C)c(C)c1. The van der Waals surface area contributed by atoms with Gasteiger partial charge in [0.15, 0.2) is 0 Å². The lowest BCUT2D eigenvalue weighted by Gasteiger charge is -2.19. The van der Waals surface area contributed by atoms with E-state index in [9.17, 15) is 0 Å². The van der Waals surface area contributed by atoms with Crippen molar-refractivity contribution in [1.29, 1.82) is 0 Å². The first-order valence-corrected chi connectivity index (χ1v) is 6.56. The van der Waals surface area contributed by atoms with Crippen LogP contribution in [0, 0.1) is 13.8 Å². The summed E-state index contributed by atoms with van der Waals surface area (Å²) in [6.07, 6.45) is 0. The summed E-state index contributed by atoms with van der Waals surface area (Å²) in [6, 6.07) is 6.84. The molecule has 0 aliphatic rings. The van der Waals surface area contributed by atoms with Crippen molar-refractivity contribution < 1.29 is 9.47 Å². The number of benzene rings is 1. The minimum absolute atomic E-state index is 0.256. The normalized spacial score (nSPS) is 12.7. The molecule has 1 N–H and O–H groups in total. The van der Waals surface area contributed by atoms with Gasteiger partial charge in [-0.15, -0.1) is 0 Å². The lowest BCUT2D eigenvalue weighted by molar-refractivity contribution is 0.0588. The molecule has 1 atom stereocenters. The van der Waals surface area contributed by atoms with E-state index < -0.39 is 0 Å². The van der Waals surface area contributed by atoms with Crippen LogP contribution in [0.15, 0.2) is 18.2 Å². The zero-order valence-electron chi connectivity index (χ0n) is 12.0. The molecule has 0 radical (unpaired) electrons. The number of nitrogens with one attached hydrogen (secondary N) is 1. The maximum absolute atomic E-state index is 5.63. The fourth-order valence-corrected chi connectivity index (χ4v) is 1.84. The maximum atomic E-state index is 5.63. The number of methoxy groups -OCH3 is 1. The smallest absolute Gasteiger partial charge is 0.0701 e. The van der Waals surface area contributed by atoms with Gasteiger partial charge in [0.1, 0.15) is 0 Å². The molecule has 0 fully saturated rings. The Morgan fingerprint density at radius 3 is 2.56 bits per heavy atom. The van der Waals surface area contributed by atoms with Gasteiger partial charge in [-0.2, -0.15) is 0 Å². The van der Waals surface area contributed by atoms with E-state index in [4.69, 9.17) is 9.47 Å². The first kappa shape index (κ1) is 15.2. The number of hydrogen-bond donors (Lipinski definition) is 1. The van der Waals surface area contributed by atoms with E-state index >= 15 is 0 Å². The van der Waals surface area contributed by atoms with Crippen LogP contribution in [0.1, 0.15) is 29.7 Å². The number of rotatable bonds is 8. The van der Waals surface area contributed by atoms with E-state index in [1.54, 1.807) is 7.11 Å². The summed E-state index contributed by atoms with van der Waals surface area (Å²) in [6.45, 7) is 9.30. The first-order chi connectivity index (χ1) is 8.69. The lowest BCUT2D eigenvalue weighted by Crippen LogP contribution is -2.26. The zero-order chi connectivity index (χ0) is 13.4. The first-order valence-electron chi connectivity index (χ1n) is 6.56. The number of ether oxygens (including phenoxy) is 2. The van der Waals surface area contributed by atoms with Crippen LogP contribution in [0.2, 0.25) is 0 Å². The molecule has 0 bridgehead atoms. The Kier molecular flexibility index (Phi) is 6.94. The van der Waals surface area contributed by atoms with Crippen molar-refractivity contribution in [2.75, 3.05) is 33.5 Å². The topological polar surface area (TPSA) is 30.5 Å². The number of hydrogen-bond acceptors (Lipinski definition) is 3. The monoisotopic (exact) mass is 251 g/mol. The van der Waals surface area contributed by atoms with Gasteiger partial charge in [-0.1, -0.05) is 25.1 Å². The lowest BCUT2D eigenvalue weighted by atomic mass is 10.0. The second-order valence-corrected chi connectivity index (χ2v) is 4.52. The summed E-state index contributed by atoms with van der Waals surface area (Å²) < 4.78 is 10.6. The van der Waals surface area contributed by atoms with Crippen molar-refractivity contribution in [1.82, 2.24) is 5.32 Å². The zero-order valence-corrected chi connectivity index (χ0v) is 12.0. The Labute approximate surface area is 110 Å². The van der Waals surface area contributed by atoms with Crippen LogP contribution in [-0.2, 0) is 9.47 Å². The second kappa shape index (κ2) is 8.25. The van der Waals surface area contributed by atoms with Gasteiger partial charge in [0, 0.05) is 7.11 Å². The Balaban J connectivity index is 2.61. The third kappa shape index (κ3) is 4.77. The molecule has 1 rings (SSSR count). The van der Waals surface area contributed by atoms with Gasteiger partial charge in [0.2, 0.25) is 0 Å². The van der Waals surface area contributed by atoms with Crippen molar-refractivity contribution in [3.8, 4) is 0 Å². The molecule has 0 spiro atoms. The molecule has 18 heavy (non-hydrogen) atoms. The summed E-state index contributed by atoms with van der Waals surface area (Å²) in [5.74, 6) is 0. The van der Waals surface area contributed by atoms with Crippen LogP contribution in [0.4, 0.5) is 0 Å². The quantitative estimate of drug-likeness (QED) is 0.720. The van der Waals surface area contributed by atoms with Crippen molar-refractivity contribution in [2.24, 2.45) is 0 Å². The van der Waals surface area contributed by atoms with Gasteiger partial charge in [-0.05, 0) is 37.1 Å². The number of aryl methyl sites for hydroxylation is 2. The molecule has 102 valence electrons. The molecule has 1 aromatic rings. The highest BCUT2D eigenvalue weighted by atomic mass is 16.5. The molecule has 0 aliphatic carbocycles. The minimum atomic E-state index is 0.256. The Morgan fingerprint density at radius 2 is 1.94 bits per heavy atom. The molecular formula is C15H25NO2. The van der Waals surface area contributed by atoms with Crippen LogP contribution in [0.5, 0.6) is 0 Å². The van der Waals surface area contributed by atoms with E-state index in [0.29, 0.717) is 19.8 Å². The molecule has 0 saturated carbocycles. The van der Waals surface area contributed by atoms with E-state index in [1.807, 2.05) is 0 Å². The molecule has 3 heteroatoms. The molecule has 0 saturated heterocycles. The molecule has 0 amide bonds. The van der Waals surface area contributed by atoms with Crippen LogP contribution >= 0.6 is 0 Å². The average molecular weight is 251 g/mol. The minimum Gasteiger partial charge on any atom is -0.382 e. The van der Waals surface area contributed by atoms with Gasteiger partial charge in [0.05, 0.1) is 25.9 Å². The van der Waals surface area contributed by atoms with E-state index in [-0.39, 0.29) is 6.04 Å². The summed E-state index contributed by atoms with van der Waals surface area (Å²) in [5.41, 5.74) is 3.94. The largest absolute Gasteiger partial charge is 0.382 e. The molecule has 0 heterocycles. The van der Waals surface area contributed by atoms with Gasteiger partial charge in [-0.25, -0.2) is 0 Å². The average Bonchev–Trinajstić information content (AvgIpc) is 2.37. The third-order valence-electron chi connectivity index (χ3n) is 3.10. The van der Waals surface area contributed by atoms with E-state index in [0.717, 1.165) is 6.54 Å². The molecule has 1 unspecified atom stereocenters. The summed E-state index contributed by atoms with van der Waals surface area (Å²) in [5, 5.41) is 3.46. The van der Waals surface area contributed by atoms with Crippen molar-refractivity contribution in [3.05, 3.63) is 34.9 Å². The van der Waals surface area contributed by atoms with Crippen molar-refractivity contribution in [3.63, 3.8) is 0 Å². The van der Waals surface area contributed by atoms with Gasteiger partial charge < -0.3 is 14.8 Å². The summed E-state index contributed by atoms with van der Waals surface area (Å²) in [4.78, 5) is 0. The summed E-state index contributed by atoms with van der Waals surface area (Å²) >= 11 is 0. The molecule has 0 aromatic heterocycles. The predicted octanol–water partition coefficient (Wildman–Crippen LogP) is 2.62. The van der Waals surface area contributed by atoms with Crippen molar-refractivity contribution in [2.45, 2.75) is 26.8 Å². The summed E-state index contributed by atoms with van der Waals surface area (Å²) in [7, 11) is 1.69. The van der Waals surface area contributed by atoms with Gasteiger partial charge in [0.25, 0.3) is 0 Å². The van der Waals surface area contributed by atoms with Gasteiger partial charge in [-0.3, -0.25) is 0 Å². The molecular weight excluding hydrogens is 226 g/mol. The van der Waals surface area contributed by atoms with Crippen LogP contribution in [-0.4, -0.2) is 33.5 Å². The Bertz CT molecular complexity index is 352. The molecule has 1 aromatic carbocycles.